The number of benzene rings is 1. The first-order chi connectivity index (χ1) is 16.9. The van der Waals surface area contributed by atoms with Gasteiger partial charge in [-0.15, -0.1) is 0 Å². The number of rotatable bonds is 5. The van der Waals surface area contributed by atoms with Crippen LogP contribution in [-0.4, -0.2) is 33.0 Å². The predicted molar refractivity (Wildman–Crippen MR) is 130 cm³/mol. The van der Waals surface area contributed by atoms with E-state index in [1.54, 1.807) is 35.1 Å². The van der Waals surface area contributed by atoms with Gasteiger partial charge in [-0.05, 0) is 55.9 Å². The predicted octanol–water partition coefficient (Wildman–Crippen LogP) is 3.86. The molecule has 1 unspecified atom stereocenters. The number of aromatic nitrogens is 3. The molecule has 3 heterocycles. The van der Waals surface area contributed by atoms with E-state index in [-0.39, 0.29) is 16.5 Å². The zero-order valence-corrected chi connectivity index (χ0v) is 20.0. The van der Waals surface area contributed by atoms with Crippen LogP contribution in [0.2, 0.25) is 0 Å². The number of aromatic amines is 1. The fourth-order valence-corrected chi connectivity index (χ4v) is 8.44. The maximum atomic E-state index is 13.4. The molecule has 3 N–H and O–H groups in total. The van der Waals surface area contributed by atoms with Crippen LogP contribution in [0.4, 0.5) is 11.5 Å². The van der Waals surface area contributed by atoms with Crippen LogP contribution in [0.1, 0.15) is 69.1 Å². The Morgan fingerprint density at radius 3 is 2.74 bits per heavy atom. The summed E-state index contributed by atoms with van der Waals surface area (Å²) in [5.74, 6) is 0.699. The van der Waals surface area contributed by atoms with E-state index in [1.807, 2.05) is 0 Å². The highest BCUT2D eigenvalue weighted by Gasteiger charge is 2.57. The number of aliphatic hydroxyl groups is 1. The van der Waals surface area contributed by atoms with Crippen molar-refractivity contribution in [3.05, 3.63) is 46.4 Å². The van der Waals surface area contributed by atoms with Gasteiger partial charge in [0, 0.05) is 17.4 Å². The normalized spacial score (nSPS) is 23.1. The minimum absolute atomic E-state index is 0.113. The number of nitriles is 1. The molecule has 3 aliphatic rings. The molecule has 0 saturated heterocycles. The molecule has 2 aliphatic carbocycles. The van der Waals surface area contributed by atoms with Gasteiger partial charge in [0.1, 0.15) is 16.2 Å². The molecule has 10 heteroatoms. The van der Waals surface area contributed by atoms with Crippen molar-refractivity contribution in [2.75, 3.05) is 5.32 Å². The smallest absolute Gasteiger partial charge is 0.261 e. The van der Waals surface area contributed by atoms with E-state index in [0.29, 0.717) is 53.2 Å². The highest BCUT2D eigenvalue weighted by Crippen LogP contribution is 2.54. The zero-order valence-electron chi connectivity index (χ0n) is 19.2. The van der Waals surface area contributed by atoms with E-state index in [9.17, 15) is 23.6 Å². The summed E-state index contributed by atoms with van der Waals surface area (Å²) in [5, 5.41) is 28.8. The van der Waals surface area contributed by atoms with Gasteiger partial charge >= 0.3 is 0 Å². The van der Waals surface area contributed by atoms with Gasteiger partial charge < -0.3 is 15.4 Å². The monoisotopic (exact) mass is 493 g/mol. The van der Waals surface area contributed by atoms with Gasteiger partial charge in [0.25, 0.3) is 5.56 Å². The Morgan fingerprint density at radius 2 is 2.03 bits per heavy atom. The molecule has 6 rings (SSSR count). The van der Waals surface area contributed by atoms with E-state index in [2.05, 4.69) is 16.4 Å². The van der Waals surface area contributed by atoms with Crippen molar-refractivity contribution in [2.24, 2.45) is 5.92 Å². The second-order valence-corrected chi connectivity index (χ2v) is 12.3. The van der Waals surface area contributed by atoms with Crippen LogP contribution in [0, 0.1) is 17.2 Å². The quantitative estimate of drug-likeness (QED) is 0.490. The van der Waals surface area contributed by atoms with E-state index >= 15 is 0 Å². The Kier molecular flexibility index (Phi) is 5.06. The van der Waals surface area contributed by atoms with Gasteiger partial charge in [0.2, 0.25) is 0 Å². The first-order valence-electron chi connectivity index (χ1n) is 12.2. The van der Waals surface area contributed by atoms with E-state index in [0.717, 1.165) is 32.1 Å². The molecule has 3 aromatic rings. The fourth-order valence-electron chi connectivity index (χ4n) is 6.03. The zero-order chi connectivity index (χ0) is 24.4. The van der Waals surface area contributed by atoms with Crippen molar-refractivity contribution in [1.82, 2.24) is 14.8 Å². The summed E-state index contributed by atoms with van der Waals surface area (Å²) in [4.78, 5) is 15.6. The number of nitrogens with one attached hydrogen (secondary N) is 2. The molecule has 1 aromatic carbocycles. The number of pyridine rings is 1. The third kappa shape index (κ3) is 3.25. The van der Waals surface area contributed by atoms with E-state index in [1.165, 1.54) is 0 Å². The van der Waals surface area contributed by atoms with Gasteiger partial charge in [-0.1, -0.05) is 19.3 Å². The molecular formula is C25H27N5O4S. The van der Waals surface area contributed by atoms with Crippen LogP contribution in [0.3, 0.4) is 0 Å². The van der Waals surface area contributed by atoms with Crippen molar-refractivity contribution in [3.8, 4) is 6.07 Å². The summed E-state index contributed by atoms with van der Waals surface area (Å²) < 4.78 is 27.4. The Labute approximate surface area is 202 Å². The first kappa shape index (κ1) is 22.3. The molecule has 1 spiro atoms. The Balaban J connectivity index is 1.42. The Morgan fingerprint density at radius 1 is 1.26 bits per heavy atom. The van der Waals surface area contributed by atoms with E-state index < -0.39 is 20.7 Å². The molecule has 0 amide bonds. The van der Waals surface area contributed by atoms with Gasteiger partial charge in [0.15, 0.2) is 15.7 Å². The summed E-state index contributed by atoms with van der Waals surface area (Å²) in [7, 11) is -3.65. The van der Waals surface area contributed by atoms with Crippen molar-refractivity contribution < 1.29 is 13.5 Å². The molecule has 2 atom stereocenters. The molecule has 0 bridgehead atoms. The van der Waals surface area contributed by atoms with Crippen LogP contribution in [0.5, 0.6) is 0 Å². The largest absolute Gasteiger partial charge is 0.387 e. The third-order valence-electron chi connectivity index (χ3n) is 8.00. The van der Waals surface area contributed by atoms with Crippen molar-refractivity contribution >= 4 is 32.2 Å². The van der Waals surface area contributed by atoms with Crippen LogP contribution in [0.15, 0.2) is 40.2 Å². The Hall–Kier alpha value is -3.16. The molecule has 182 valence electrons. The van der Waals surface area contributed by atoms with Crippen LogP contribution >= 0.6 is 0 Å². The summed E-state index contributed by atoms with van der Waals surface area (Å²) in [6, 6.07) is 8.78. The molecular weight excluding hydrogens is 466 g/mol. The average molecular weight is 494 g/mol. The van der Waals surface area contributed by atoms with Gasteiger partial charge in [-0.25, -0.2) is 8.42 Å². The minimum atomic E-state index is -3.65. The number of hydrogen-bond acceptors (Lipinski definition) is 7. The van der Waals surface area contributed by atoms with Gasteiger partial charge in [0.05, 0.1) is 28.9 Å². The topological polar surface area (TPSA) is 141 Å². The lowest BCUT2D eigenvalue weighted by atomic mass is 9.82. The maximum absolute atomic E-state index is 13.4. The van der Waals surface area contributed by atoms with E-state index in [4.69, 9.17) is 5.10 Å². The molecule has 2 fully saturated rings. The van der Waals surface area contributed by atoms with Gasteiger partial charge in [-0.3, -0.25) is 9.48 Å². The number of anilines is 2. The number of nitrogens with zero attached hydrogens (tertiary/aromatic N) is 3. The average Bonchev–Trinajstić information content (AvgIpc) is 3.61. The van der Waals surface area contributed by atoms with Gasteiger partial charge in [-0.2, -0.15) is 10.4 Å². The molecule has 0 radical (unpaired) electrons. The highest BCUT2D eigenvalue weighted by atomic mass is 32.2. The van der Waals surface area contributed by atoms with Crippen LogP contribution in [0.25, 0.3) is 10.9 Å². The van der Waals surface area contributed by atoms with Crippen LogP contribution < -0.4 is 10.9 Å². The molecule has 2 saturated carbocycles. The first-order valence-corrected chi connectivity index (χ1v) is 13.7. The lowest BCUT2D eigenvalue weighted by Crippen LogP contribution is -2.41. The summed E-state index contributed by atoms with van der Waals surface area (Å²) in [6.45, 7) is 0. The SMILES string of the molecule is N#CCC(C1CC1)n1nc(Nc2ccc3c(c2)[C@H](O)C2(CCCCC2)S3(=O)=O)c2c(=O)[nH]ccc21. The summed E-state index contributed by atoms with van der Waals surface area (Å²) in [6.07, 6.45) is 6.31. The molecule has 35 heavy (non-hydrogen) atoms. The standard InChI is InChI=1S/C25H27N5O4S/c26-12-8-18(15-4-5-15)30-19-9-13-27-24(32)21(19)23(29-30)28-16-6-7-20-17(14-16)22(31)25(35(20,33)34)10-2-1-3-11-25/h6-7,9,13-15,18,22,31H,1-5,8,10-11H2,(H,27,32)(H,28,29)/t18?,22-/m0/s1. The Bertz CT molecular complexity index is 1520. The lowest BCUT2D eigenvalue weighted by molar-refractivity contribution is 0.107. The van der Waals surface area contributed by atoms with Crippen molar-refractivity contribution in [2.45, 2.75) is 73.2 Å². The number of aliphatic hydroxyl groups excluding tert-OH is 1. The van der Waals surface area contributed by atoms with Crippen LogP contribution in [-0.2, 0) is 9.84 Å². The number of hydrogen-bond donors (Lipinski definition) is 3. The summed E-state index contributed by atoms with van der Waals surface area (Å²) in [5.41, 5.74) is 1.29. The lowest BCUT2D eigenvalue weighted by Gasteiger charge is -2.35. The maximum Gasteiger partial charge on any atom is 0.261 e. The molecule has 2 aromatic heterocycles. The summed E-state index contributed by atoms with van der Waals surface area (Å²) >= 11 is 0. The second kappa shape index (κ2) is 7.93. The third-order valence-corrected chi connectivity index (χ3v) is 10.7. The fraction of sp³-hybridized carbons (Fsp3) is 0.480. The minimum Gasteiger partial charge on any atom is -0.387 e. The number of sulfone groups is 1. The number of H-pyrrole nitrogens is 1. The highest BCUT2D eigenvalue weighted by molar-refractivity contribution is 7.93. The second-order valence-electron chi connectivity index (χ2n) is 10.0. The number of fused-ring (bicyclic) bond motifs is 2. The van der Waals surface area contributed by atoms with Crippen molar-refractivity contribution in [1.29, 1.82) is 5.26 Å². The molecule has 9 nitrogen and oxygen atoms in total. The molecule has 1 aliphatic heterocycles. The van der Waals surface area contributed by atoms with Crippen molar-refractivity contribution in [3.63, 3.8) is 0 Å².